The molecule has 0 aromatic heterocycles. The van der Waals surface area contributed by atoms with Gasteiger partial charge in [-0.3, -0.25) is 35.8 Å². The largest absolute Gasteiger partial charge is 0.301 e. The average molecular weight is 314 g/mol. The molecule has 10 nitrogen and oxygen atoms in total. The molecule has 2 aliphatic carbocycles. The first kappa shape index (κ1) is 14.3. The lowest BCUT2D eigenvalue weighted by molar-refractivity contribution is -0.428. The quantitative estimate of drug-likeness (QED) is 0.666. The van der Waals surface area contributed by atoms with E-state index in [4.69, 9.17) is 5.41 Å². The van der Waals surface area contributed by atoms with Crippen LogP contribution in [0.15, 0.2) is 41.2 Å². The van der Waals surface area contributed by atoms with E-state index < -0.39 is 31.9 Å². The molecule has 0 radical (unpaired) electrons. The predicted octanol–water partition coefficient (Wildman–Crippen LogP) is 2.17. The van der Waals surface area contributed by atoms with E-state index in [1.165, 1.54) is 24.3 Å². The molecule has 0 heterocycles. The maximum atomic E-state index is 11.2. The number of nitrogens with one attached hydrogen (secondary N) is 1. The van der Waals surface area contributed by atoms with Crippen LogP contribution in [0.4, 0.5) is 5.69 Å². The maximum Gasteiger partial charge on any atom is 0.301 e. The van der Waals surface area contributed by atoms with Gasteiger partial charge in [-0.05, 0) is 23.3 Å². The number of nitrogens with zero attached hydrogens (tertiary/aromatic N) is 3. The van der Waals surface area contributed by atoms with E-state index in [1.807, 2.05) is 0 Å². The van der Waals surface area contributed by atoms with Gasteiger partial charge >= 0.3 is 5.70 Å². The second-order valence-electron chi connectivity index (χ2n) is 4.77. The second-order valence-corrected chi connectivity index (χ2v) is 4.77. The van der Waals surface area contributed by atoms with Gasteiger partial charge in [-0.1, -0.05) is 0 Å². The molecule has 0 spiro atoms. The number of rotatable bonds is 3. The van der Waals surface area contributed by atoms with Crippen LogP contribution in [0.25, 0.3) is 11.6 Å². The first-order chi connectivity index (χ1) is 10.8. The van der Waals surface area contributed by atoms with Gasteiger partial charge in [0.25, 0.3) is 11.4 Å². The fraction of sp³-hybridized carbons (Fsp3) is 0. The molecule has 0 unspecified atom stereocenters. The van der Waals surface area contributed by atoms with Gasteiger partial charge in [0.1, 0.15) is 5.71 Å². The summed E-state index contributed by atoms with van der Waals surface area (Å²) in [6.45, 7) is 0. The summed E-state index contributed by atoms with van der Waals surface area (Å²) in [6, 6.07) is 3.74. The average Bonchev–Trinajstić information content (AvgIpc) is 2.86. The molecule has 0 amide bonds. The van der Waals surface area contributed by atoms with Crippen molar-refractivity contribution in [3.8, 4) is 0 Å². The van der Waals surface area contributed by atoms with Crippen LogP contribution in [0.1, 0.15) is 11.1 Å². The molecule has 0 saturated heterocycles. The van der Waals surface area contributed by atoms with Crippen molar-refractivity contribution in [2.75, 3.05) is 0 Å². The van der Waals surface area contributed by atoms with Gasteiger partial charge in [0.05, 0.1) is 26.4 Å². The van der Waals surface area contributed by atoms with Crippen molar-refractivity contribution in [2.24, 2.45) is 0 Å². The van der Waals surface area contributed by atoms with Crippen LogP contribution < -0.4 is 0 Å². The van der Waals surface area contributed by atoms with Gasteiger partial charge in [0.15, 0.2) is 0 Å². The molecule has 1 aromatic rings. The summed E-state index contributed by atoms with van der Waals surface area (Å²) >= 11 is 0. The Morgan fingerprint density at radius 2 is 1.61 bits per heavy atom. The monoisotopic (exact) mass is 314 g/mol. The molecule has 10 heteroatoms. The number of fused-ring (bicyclic) bond motifs is 3. The number of allylic oxidation sites excluding steroid dienone is 3. The Hall–Kier alpha value is -3.69. The third kappa shape index (κ3) is 2.00. The topological polar surface area (TPSA) is 153 Å². The van der Waals surface area contributed by atoms with Crippen molar-refractivity contribution >= 4 is 23.0 Å². The smallest absolute Gasteiger partial charge is 0.294 e. The minimum atomic E-state index is -0.866. The Morgan fingerprint density at radius 1 is 0.913 bits per heavy atom. The zero-order valence-corrected chi connectivity index (χ0v) is 11.2. The lowest BCUT2D eigenvalue weighted by atomic mass is 9.91. The van der Waals surface area contributed by atoms with Crippen LogP contribution >= 0.6 is 0 Å². The number of nitro benzene ring substituents is 1. The van der Waals surface area contributed by atoms with Gasteiger partial charge in [0, 0.05) is 17.7 Å². The summed E-state index contributed by atoms with van der Waals surface area (Å²) in [5.41, 5.74) is -1.14. The van der Waals surface area contributed by atoms with E-state index in [2.05, 4.69) is 0 Å². The number of hydrogen-bond donors (Lipinski definition) is 1. The molecule has 0 fully saturated rings. The zero-order chi connectivity index (χ0) is 16.9. The number of benzene rings is 1. The molecule has 23 heavy (non-hydrogen) atoms. The van der Waals surface area contributed by atoms with Crippen LogP contribution in [-0.4, -0.2) is 20.5 Å². The molecule has 0 atom stereocenters. The second kappa shape index (κ2) is 4.66. The number of nitro groups is 3. The van der Waals surface area contributed by atoms with E-state index in [-0.39, 0.29) is 16.8 Å². The molecule has 1 aromatic carbocycles. The molecule has 0 bridgehead atoms. The Bertz CT molecular complexity index is 924. The Morgan fingerprint density at radius 3 is 2.17 bits per heavy atom. The van der Waals surface area contributed by atoms with Crippen molar-refractivity contribution in [1.29, 1.82) is 5.41 Å². The fourth-order valence-electron chi connectivity index (χ4n) is 2.56. The van der Waals surface area contributed by atoms with Crippen molar-refractivity contribution in [2.45, 2.75) is 0 Å². The molecule has 1 N–H and O–H groups in total. The van der Waals surface area contributed by atoms with Crippen molar-refractivity contribution in [3.63, 3.8) is 0 Å². The van der Waals surface area contributed by atoms with Crippen molar-refractivity contribution in [3.05, 3.63) is 82.7 Å². The molecule has 0 saturated carbocycles. The van der Waals surface area contributed by atoms with E-state index in [0.717, 1.165) is 6.08 Å². The number of hydrogen-bond acceptors (Lipinski definition) is 7. The SMILES string of the molecule is N=C1C2=Cc3cc([N+](=O)[O-])ccc3C2=C([N+](=O)[O-])C=C1[N+](=O)[O-]. The molecule has 0 aliphatic heterocycles. The lowest BCUT2D eigenvalue weighted by Gasteiger charge is -2.11. The van der Waals surface area contributed by atoms with Crippen LogP contribution in [0.2, 0.25) is 0 Å². The normalized spacial score (nSPS) is 15.6. The van der Waals surface area contributed by atoms with E-state index >= 15 is 0 Å². The van der Waals surface area contributed by atoms with Crippen molar-refractivity contribution < 1.29 is 14.8 Å². The Kier molecular flexibility index (Phi) is 2.89. The van der Waals surface area contributed by atoms with Gasteiger partial charge in [-0.2, -0.15) is 0 Å². The minimum Gasteiger partial charge on any atom is -0.294 e. The lowest BCUT2D eigenvalue weighted by Crippen LogP contribution is -2.19. The highest BCUT2D eigenvalue weighted by Gasteiger charge is 2.40. The highest BCUT2D eigenvalue weighted by atomic mass is 16.6. The molecule has 3 rings (SSSR count). The van der Waals surface area contributed by atoms with E-state index in [1.54, 1.807) is 0 Å². The van der Waals surface area contributed by atoms with Gasteiger partial charge in [-0.15, -0.1) is 0 Å². The first-order valence-electron chi connectivity index (χ1n) is 6.16. The summed E-state index contributed by atoms with van der Waals surface area (Å²) < 4.78 is 0. The minimum absolute atomic E-state index is 0.0152. The standard InChI is InChI=1S/C13H6N4O6/c14-13-9-4-6-3-7(15(18)19)1-2-8(6)12(9)10(16(20)21)5-11(13)17(22)23/h1-5,14H. The third-order valence-electron chi connectivity index (χ3n) is 3.53. The summed E-state index contributed by atoms with van der Waals surface area (Å²) in [5, 5.41) is 40.9. The Labute approximate surface area is 127 Å². The number of non-ortho nitro benzene ring substituents is 1. The summed E-state index contributed by atoms with van der Waals surface area (Å²) in [4.78, 5) is 30.8. The summed E-state index contributed by atoms with van der Waals surface area (Å²) in [6.07, 6.45) is 2.06. The Balaban J connectivity index is 2.30. The first-order valence-corrected chi connectivity index (χ1v) is 6.16. The highest BCUT2D eigenvalue weighted by molar-refractivity contribution is 6.26. The van der Waals surface area contributed by atoms with E-state index in [9.17, 15) is 30.3 Å². The van der Waals surface area contributed by atoms with E-state index in [0.29, 0.717) is 11.1 Å². The molecular formula is C13H6N4O6. The van der Waals surface area contributed by atoms with Crippen LogP contribution in [0, 0.1) is 35.8 Å². The van der Waals surface area contributed by atoms with Gasteiger partial charge in [0.2, 0.25) is 0 Å². The summed E-state index contributed by atoms with van der Waals surface area (Å²) in [5.74, 6) is 0. The predicted molar refractivity (Wildman–Crippen MR) is 77.8 cm³/mol. The molecular weight excluding hydrogens is 308 g/mol. The van der Waals surface area contributed by atoms with Gasteiger partial charge in [-0.25, -0.2) is 0 Å². The molecule has 2 aliphatic rings. The van der Waals surface area contributed by atoms with Crippen LogP contribution in [0.3, 0.4) is 0 Å². The van der Waals surface area contributed by atoms with Gasteiger partial charge < -0.3 is 0 Å². The maximum absolute atomic E-state index is 11.2. The molecule has 114 valence electrons. The highest BCUT2D eigenvalue weighted by Crippen LogP contribution is 2.43. The summed E-state index contributed by atoms with van der Waals surface area (Å²) in [7, 11) is 0. The third-order valence-corrected chi connectivity index (χ3v) is 3.53. The fourth-order valence-corrected chi connectivity index (χ4v) is 2.56. The zero-order valence-electron chi connectivity index (χ0n) is 11.2. The van der Waals surface area contributed by atoms with Crippen molar-refractivity contribution in [1.82, 2.24) is 0 Å². The van der Waals surface area contributed by atoms with Crippen LogP contribution in [-0.2, 0) is 0 Å². The van der Waals surface area contributed by atoms with Crippen LogP contribution in [0.5, 0.6) is 0 Å².